The van der Waals surface area contributed by atoms with Gasteiger partial charge in [-0.25, -0.2) is 0 Å². The number of phosphoric ester groups is 2. The molecule has 0 spiro atoms. The number of phosphoric acid groups is 2. The molecular formula is C82H146N4Na2O20P2. The minimum Gasteiger partial charge on any atom is -0.756 e. The molecular weight excluding hydrogens is 1470 g/mol. The van der Waals surface area contributed by atoms with Gasteiger partial charge in [0.05, 0.1) is 76.8 Å². The minimum absolute atomic E-state index is 0. The molecule has 1 aromatic carbocycles. The first-order valence-corrected chi connectivity index (χ1v) is 44.8. The van der Waals surface area contributed by atoms with Crippen molar-refractivity contribution in [3.8, 4) is 0 Å². The van der Waals surface area contributed by atoms with Gasteiger partial charge in [-0.3, -0.25) is 37.9 Å². The summed E-state index contributed by atoms with van der Waals surface area (Å²) >= 11 is 0. The first kappa shape index (κ1) is 110. The molecule has 0 saturated heterocycles. The van der Waals surface area contributed by atoms with Crippen molar-refractivity contribution in [2.24, 2.45) is 0 Å². The van der Waals surface area contributed by atoms with E-state index in [0.717, 1.165) is 167 Å². The van der Waals surface area contributed by atoms with Crippen LogP contribution in [0.15, 0.2) is 48.6 Å². The van der Waals surface area contributed by atoms with E-state index < -0.39 is 114 Å². The number of carbonyl (C=O) groups is 6. The summed E-state index contributed by atoms with van der Waals surface area (Å²) < 4.78 is 70.4. The molecule has 626 valence electrons. The summed E-state index contributed by atoms with van der Waals surface area (Å²) in [4.78, 5) is 106. The van der Waals surface area contributed by atoms with Gasteiger partial charge in [-0.1, -0.05) is 226 Å². The number of carbonyl (C=O) groups excluding carboxylic acids is 6. The Hall–Kier alpha value is -2.42. The molecule has 0 bridgehead atoms. The second kappa shape index (κ2) is 75.3. The van der Waals surface area contributed by atoms with E-state index in [9.17, 15) is 57.9 Å². The van der Waals surface area contributed by atoms with Crippen molar-refractivity contribution in [3.63, 3.8) is 0 Å². The van der Waals surface area contributed by atoms with Crippen molar-refractivity contribution in [1.29, 1.82) is 0 Å². The van der Waals surface area contributed by atoms with Crippen molar-refractivity contribution < 1.29 is 154 Å². The van der Waals surface area contributed by atoms with E-state index in [1.165, 1.54) is 62.8 Å². The summed E-state index contributed by atoms with van der Waals surface area (Å²) in [7, 11) is -10.1. The topological polar surface area (TPSA) is 345 Å². The number of esters is 2. The van der Waals surface area contributed by atoms with Crippen LogP contribution >= 0.6 is 15.6 Å². The Kier molecular flexibility index (Phi) is 75.1. The molecule has 1 rings (SSSR count). The number of ether oxygens (including phenoxy) is 4. The van der Waals surface area contributed by atoms with E-state index in [2.05, 4.69) is 87.1 Å². The Morgan fingerprint density at radius 3 is 1.07 bits per heavy atom. The van der Waals surface area contributed by atoms with Crippen LogP contribution in [0, 0.1) is 0 Å². The van der Waals surface area contributed by atoms with Gasteiger partial charge in [0.25, 0.3) is 27.5 Å². The predicted molar refractivity (Wildman–Crippen MR) is 423 cm³/mol. The third-order valence-corrected chi connectivity index (χ3v) is 20.3. The molecule has 28 heteroatoms. The summed E-state index contributed by atoms with van der Waals surface area (Å²) in [6.45, 7) is 9.92. The molecule has 0 fully saturated rings. The van der Waals surface area contributed by atoms with Crippen LogP contribution in [-0.4, -0.2) is 148 Å². The first-order valence-electron chi connectivity index (χ1n) is 41.9. The molecule has 4 amide bonds. The second-order valence-corrected chi connectivity index (χ2v) is 31.5. The number of hydrogen-bond donors (Lipinski definition) is 6. The van der Waals surface area contributed by atoms with Gasteiger partial charge in [0.2, 0.25) is 11.8 Å². The monoisotopic (exact) mass is 1610 g/mol. The Morgan fingerprint density at radius 1 is 0.409 bits per heavy atom. The Labute approximate surface area is 707 Å². The fraction of sp³-hybridized carbons (Fsp3) is 0.805. The summed E-state index contributed by atoms with van der Waals surface area (Å²) in [5, 5.41) is 31.9. The van der Waals surface area contributed by atoms with Gasteiger partial charge in [-0.05, 0) is 121 Å². The zero-order valence-electron chi connectivity index (χ0n) is 69.4. The molecule has 24 nitrogen and oxygen atoms in total. The molecule has 1 aromatic rings. The van der Waals surface area contributed by atoms with Crippen LogP contribution in [0.5, 0.6) is 0 Å². The van der Waals surface area contributed by atoms with E-state index >= 15 is 0 Å². The number of aliphatic hydroxyl groups excluding tert-OH is 2. The van der Waals surface area contributed by atoms with Crippen molar-refractivity contribution in [2.75, 3.05) is 65.9 Å². The Morgan fingerprint density at radius 2 is 0.727 bits per heavy atom. The number of aliphatic hydroxyl groups is 2. The van der Waals surface area contributed by atoms with E-state index in [1.54, 1.807) is 0 Å². The number of nitrogens with one attached hydrogen (secondary N) is 4. The van der Waals surface area contributed by atoms with Crippen LogP contribution < -0.4 is 90.2 Å². The van der Waals surface area contributed by atoms with Gasteiger partial charge in [-0.15, -0.1) is 0 Å². The Balaban J connectivity index is 0. The average Bonchev–Trinajstić information content (AvgIpc) is 0.866. The molecule has 0 saturated carbocycles. The SMILES string of the molecule is CCCCCC/C=C\CCCC(=O)O[C@H](CCCCCCC)CC(=O)NC(COCC[C@H](O)CCCCCCC)COP(=O)([O-])OCCNC(=O)c1cccc(C(=O)NCCOP(=O)([O-])OCC(COCC[C@H](O)CCCCCCC)NC(=O)C[C@@H](CCCCCCC)OC(=O)CCC/C=C\CCCCCC)c1.[Na+].[Na+]. The van der Waals surface area contributed by atoms with E-state index in [-0.39, 0.29) is 135 Å². The van der Waals surface area contributed by atoms with Crippen LogP contribution in [0.25, 0.3) is 0 Å². The summed E-state index contributed by atoms with van der Waals surface area (Å²) in [6.07, 6.45) is 43.1. The second-order valence-electron chi connectivity index (χ2n) is 28.7. The normalized spacial score (nSPS) is 14.3. The zero-order valence-corrected chi connectivity index (χ0v) is 75.2. The number of amides is 4. The zero-order chi connectivity index (χ0) is 79.4. The van der Waals surface area contributed by atoms with Crippen LogP contribution in [-0.2, 0) is 65.4 Å². The molecule has 0 aliphatic carbocycles. The van der Waals surface area contributed by atoms with Gasteiger partial charge in [-0.2, -0.15) is 0 Å². The quantitative estimate of drug-likeness (QED) is 0.0116. The average molecular weight is 1620 g/mol. The third kappa shape index (κ3) is 66.7. The predicted octanol–water partition coefficient (Wildman–Crippen LogP) is 10.1. The molecule has 0 aromatic heterocycles. The molecule has 0 aliphatic rings. The van der Waals surface area contributed by atoms with Gasteiger partial charge >= 0.3 is 71.1 Å². The fourth-order valence-electron chi connectivity index (χ4n) is 11.9. The van der Waals surface area contributed by atoms with Crippen LogP contribution in [0.3, 0.4) is 0 Å². The van der Waals surface area contributed by atoms with Crippen molar-refractivity contribution in [3.05, 3.63) is 59.7 Å². The largest absolute Gasteiger partial charge is 1.00 e. The van der Waals surface area contributed by atoms with Gasteiger partial charge in [0.1, 0.15) is 12.2 Å². The number of unbranched alkanes of at least 4 members (excludes halogenated alkanes) is 26. The molecule has 4 unspecified atom stereocenters. The number of rotatable bonds is 76. The third-order valence-electron chi connectivity index (χ3n) is 18.3. The van der Waals surface area contributed by atoms with Crippen molar-refractivity contribution in [2.45, 2.75) is 361 Å². The summed E-state index contributed by atoms with van der Waals surface area (Å²) in [6, 6.07) is 3.58. The number of allylic oxidation sites excluding steroid dienone is 4. The van der Waals surface area contributed by atoms with E-state index in [4.69, 9.17) is 37.0 Å². The van der Waals surface area contributed by atoms with Gasteiger partial charge < -0.3 is 78.3 Å². The van der Waals surface area contributed by atoms with Crippen molar-refractivity contribution in [1.82, 2.24) is 21.3 Å². The molecule has 0 aliphatic heterocycles. The molecule has 8 atom stereocenters. The molecule has 0 heterocycles. The van der Waals surface area contributed by atoms with Crippen LogP contribution in [0.4, 0.5) is 0 Å². The minimum atomic E-state index is -5.06. The summed E-state index contributed by atoms with van der Waals surface area (Å²) in [5.41, 5.74) is 0.0583. The number of benzene rings is 1. The van der Waals surface area contributed by atoms with Crippen LogP contribution in [0.2, 0.25) is 0 Å². The first-order chi connectivity index (χ1) is 52.2. The molecule has 110 heavy (non-hydrogen) atoms. The van der Waals surface area contributed by atoms with Crippen LogP contribution in [0.1, 0.15) is 345 Å². The summed E-state index contributed by atoms with van der Waals surface area (Å²) in [5.74, 6) is -3.15. The molecule has 0 radical (unpaired) electrons. The van der Waals surface area contributed by atoms with E-state index in [0.29, 0.717) is 51.4 Å². The van der Waals surface area contributed by atoms with Gasteiger partial charge in [0, 0.05) is 50.3 Å². The standard InChI is InChI=1S/C82H148N4O20P2.2Na/c1-7-13-19-25-27-29-31-37-43-52-79(91)105-75(50-41-35-23-17-11-5)63-77(89)85-71(65-99-58-54-73(87)48-39-33-21-15-9-3)67-103-107(95,96)101-60-56-83-81(93)69-46-45-47-70(62-69)82(94)84-57-61-102-108(97,98)104-68-72(66-100-59-55-74(88)49-40-34-22-16-10-4)86-78(90)64-76(51-42-36-24-18-12-6)106-80(92)53-44-38-32-30-28-26-20-14-8-2;;/h29-32,45-47,62,71-76,87-88H,7-28,33-44,48-61,63-68H2,1-6H3,(H,83,93)(H,84,94)(H,85,89)(H,86,90)(H,95,96)(H,97,98);;/q;2*+1/p-2/b31-29-,32-30-;;/t71?,72?,73-,74-,75-,76-;;/m1../s1. The maximum Gasteiger partial charge on any atom is 1.00 e. The fourth-order valence-corrected chi connectivity index (χ4v) is 13.4. The maximum absolute atomic E-state index is 13.7. The van der Waals surface area contributed by atoms with Gasteiger partial charge in [0.15, 0.2) is 0 Å². The smallest absolute Gasteiger partial charge is 0.756 e. The Bertz CT molecular complexity index is 2450. The van der Waals surface area contributed by atoms with E-state index in [1.807, 2.05) is 0 Å². The molecule has 6 N–H and O–H groups in total. The number of hydrogen-bond acceptors (Lipinski definition) is 20. The maximum atomic E-state index is 13.7. The van der Waals surface area contributed by atoms with Crippen molar-refractivity contribution >= 4 is 51.2 Å².